The fraction of sp³-hybridized carbons (Fsp3) is 0.125. The first-order valence-electron chi connectivity index (χ1n) is 9.49. The van der Waals surface area contributed by atoms with Crippen LogP contribution in [0.3, 0.4) is 0 Å². The summed E-state index contributed by atoms with van der Waals surface area (Å²) in [7, 11) is 0. The van der Waals surface area contributed by atoms with Crippen molar-refractivity contribution in [3.8, 4) is 5.75 Å². The lowest BCUT2D eigenvalue weighted by molar-refractivity contribution is 0.0734. The van der Waals surface area contributed by atoms with Crippen LogP contribution in [0, 0.1) is 0 Å². The fourth-order valence-corrected chi connectivity index (χ4v) is 3.93. The number of fused-ring (bicyclic) bond motifs is 3. The highest BCUT2D eigenvalue weighted by molar-refractivity contribution is 5.91. The standard InChI is InChI=1S/C24H20N2O2/c27-24(17-6-2-1-3-7-17)28-18-12-10-16(11-13-18)22-23-20(14-15-25-22)19-8-4-5-9-21(19)26-23/h1-13,22,25-26H,14-15H2. The Labute approximate surface area is 163 Å². The summed E-state index contributed by atoms with van der Waals surface area (Å²) < 4.78 is 5.49. The lowest BCUT2D eigenvalue weighted by Gasteiger charge is -2.25. The number of esters is 1. The summed E-state index contributed by atoms with van der Waals surface area (Å²) in [4.78, 5) is 15.8. The lowest BCUT2D eigenvalue weighted by atomic mass is 9.94. The number of H-pyrrole nitrogens is 1. The van der Waals surface area contributed by atoms with E-state index in [2.05, 4.69) is 34.6 Å². The molecule has 4 heteroatoms. The summed E-state index contributed by atoms with van der Waals surface area (Å²) in [5, 5.41) is 4.90. The van der Waals surface area contributed by atoms with E-state index in [0.717, 1.165) is 18.5 Å². The topological polar surface area (TPSA) is 54.1 Å². The molecule has 0 radical (unpaired) electrons. The monoisotopic (exact) mass is 368 g/mol. The van der Waals surface area contributed by atoms with Crippen LogP contribution in [0.25, 0.3) is 10.9 Å². The third kappa shape index (κ3) is 2.98. The van der Waals surface area contributed by atoms with Crippen molar-refractivity contribution in [3.63, 3.8) is 0 Å². The van der Waals surface area contributed by atoms with E-state index in [0.29, 0.717) is 11.3 Å². The van der Waals surface area contributed by atoms with Gasteiger partial charge in [0.15, 0.2) is 0 Å². The molecule has 1 aliphatic heterocycles. The highest BCUT2D eigenvalue weighted by Crippen LogP contribution is 2.33. The van der Waals surface area contributed by atoms with Gasteiger partial charge in [-0.1, -0.05) is 48.5 Å². The molecule has 4 nitrogen and oxygen atoms in total. The molecule has 5 rings (SSSR count). The second-order valence-electron chi connectivity index (χ2n) is 7.02. The van der Waals surface area contributed by atoms with Crippen LogP contribution in [0.1, 0.15) is 33.2 Å². The van der Waals surface area contributed by atoms with Crippen molar-refractivity contribution in [2.45, 2.75) is 12.5 Å². The zero-order valence-electron chi connectivity index (χ0n) is 15.3. The van der Waals surface area contributed by atoms with E-state index in [4.69, 9.17) is 4.74 Å². The summed E-state index contributed by atoms with van der Waals surface area (Å²) in [5.41, 5.74) is 5.48. The van der Waals surface area contributed by atoms with Gasteiger partial charge in [-0.05, 0) is 47.9 Å². The minimum atomic E-state index is -0.345. The van der Waals surface area contributed by atoms with Crippen molar-refractivity contribution in [1.29, 1.82) is 0 Å². The number of benzene rings is 3. The van der Waals surface area contributed by atoms with Crippen LogP contribution in [-0.2, 0) is 6.42 Å². The number of ether oxygens (including phenoxy) is 1. The molecule has 0 bridgehead atoms. The fourth-order valence-electron chi connectivity index (χ4n) is 3.93. The zero-order valence-corrected chi connectivity index (χ0v) is 15.3. The number of rotatable bonds is 3. The Bertz CT molecular complexity index is 1130. The molecule has 3 aromatic carbocycles. The van der Waals surface area contributed by atoms with Gasteiger partial charge in [-0.25, -0.2) is 4.79 Å². The average molecular weight is 368 g/mol. The largest absolute Gasteiger partial charge is 0.423 e. The summed E-state index contributed by atoms with van der Waals surface area (Å²) in [6, 6.07) is 25.3. The number of aromatic amines is 1. The molecule has 0 saturated heterocycles. The van der Waals surface area contributed by atoms with Crippen LogP contribution in [0.2, 0.25) is 0 Å². The number of carbonyl (C=O) groups is 1. The summed E-state index contributed by atoms with van der Waals surface area (Å²) >= 11 is 0. The summed E-state index contributed by atoms with van der Waals surface area (Å²) in [5.74, 6) is 0.201. The van der Waals surface area contributed by atoms with Crippen LogP contribution in [-0.4, -0.2) is 17.5 Å². The average Bonchev–Trinajstić information content (AvgIpc) is 3.14. The predicted octanol–water partition coefficient (Wildman–Crippen LogP) is 4.62. The second kappa shape index (κ2) is 6.98. The van der Waals surface area contributed by atoms with E-state index in [-0.39, 0.29) is 12.0 Å². The minimum Gasteiger partial charge on any atom is -0.423 e. The maximum absolute atomic E-state index is 12.2. The first kappa shape index (κ1) is 16.8. The molecule has 28 heavy (non-hydrogen) atoms. The number of aromatic nitrogens is 1. The van der Waals surface area contributed by atoms with Gasteiger partial charge in [0.25, 0.3) is 0 Å². The van der Waals surface area contributed by atoms with Crippen LogP contribution in [0.15, 0.2) is 78.9 Å². The third-order valence-corrected chi connectivity index (χ3v) is 5.29. The van der Waals surface area contributed by atoms with Crippen molar-refractivity contribution < 1.29 is 9.53 Å². The SMILES string of the molecule is O=C(Oc1ccc(C2NCCc3c2[nH]c2ccccc32)cc1)c1ccccc1. The van der Waals surface area contributed by atoms with E-state index in [1.54, 1.807) is 12.1 Å². The first-order valence-corrected chi connectivity index (χ1v) is 9.49. The molecular formula is C24H20N2O2. The minimum absolute atomic E-state index is 0.107. The van der Waals surface area contributed by atoms with Crippen LogP contribution in [0.4, 0.5) is 0 Å². The molecule has 0 fully saturated rings. The summed E-state index contributed by atoms with van der Waals surface area (Å²) in [6.45, 7) is 0.935. The second-order valence-corrected chi connectivity index (χ2v) is 7.02. The number of hydrogen-bond donors (Lipinski definition) is 2. The Morgan fingerprint density at radius 3 is 2.46 bits per heavy atom. The smallest absolute Gasteiger partial charge is 0.343 e. The van der Waals surface area contributed by atoms with Gasteiger partial charge in [-0.15, -0.1) is 0 Å². The van der Waals surface area contributed by atoms with Crippen molar-refractivity contribution in [2.24, 2.45) is 0 Å². The molecule has 1 aromatic heterocycles. The van der Waals surface area contributed by atoms with Crippen molar-refractivity contribution >= 4 is 16.9 Å². The highest BCUT2D eigenvalue weighted by Gasteiger charge is 2.25. The Kier molecular flexibility index (Phi) is 4.18. The lowest BCUT2D eigenvalue weighted by Crippen LogP contribution is -2.30. The molecule has 4 aromatic rings. The van der Waals surface area contributed by atoms with Crippen LogP contribution >= 0.6 is 0 Å². The number of hydrogen-bond acceptors (Lipinski definition) is 3. The Morgan fingerprint density at radius 2 is 1.64 bits per heavy atom. The highest BCUT2D eigenvalue weighted by atomic mass is 16.5. The van der Waals surface area contributed by atoms with Gasteiger partial charge < -0.3 is 15.0 Å². The van der Waals surface area contributed by atoms with Gasteiger partial charge in [0, 0.05) is 23.1 Å². The van der Waals surface area contributed by atoms with Crippen molar-refractivity contribution in [3.05, 3.63) is 101 Å². The first-order chi connectivity index (χ1) is 13.8. The Morgan fingerprint density at radius 1 is 0.893 bits per heavy atom. The summed E-state index contributed by atoms with van der Waals surface area (Å²) in [6.07, 6.45) is 1.02. The Balaban J connectivity index is 1.40. The number of carbonyl (C=O) groups excluding carboxylic acids is 1. The van der Waals surface area contributed by atoms with Crippen LogP contribution in [0.5, 0.6) is 5.75 Å². The molecule has 0 aliphatic carbocycles. The predicted molar refractivity (Wildman–Crippen MR) is 110 cm³/mol. The van der Waals surface area contributed by atoms with Crippen molar-refractivity contribution in [1.82, 2.24) is 10.3 Å². The molecule has 1 unspecified atom stereocenters. The van der Waals surface area contributed by atoms with Gasteiger partial charge in [0.05, 0.1) is 11.6 Å². The molecule has 0 saturated carbocycles. The number of para-hydroxylation sites is 1. The van der Waals surface area contributed by atoms with Crippen molar-refractivity contribution in [2.75, 3.05) is 6.54 Å². The maximum atomic E-state index is 12.2. The molecule has 2 N–H and O–H groups in total. The quantitative estimate of drug-likeness (QED) is 0.410. The van der Waals surface area contributed by atoms with E-state index in [9.17, 15) is 4.79 Å². The molecule has 138 valence electrons. The van der Waals surface area contributed by atoms with Crippen LogP contribution < -0.4 is 10.1 Å². The molecule has 1 aliphatic rings. The maximum Gasteiger partial charge on any atom is 0.343 e. The molecular weight excluding hydrogens is 348 g/mol. The zero-order chi connectivity index (χ0) is 18.9. The van der Waals surface area contributed by atoms with E-state index in [1.807, 2.05) is 42.5 Å². The number of nitrogens with one attached hydrogen (secondary N) is 2. The normalized spacial score (nSPS) is 15.9. The molecule has 2 heterocycles. The molecule has 0 amide bonds. The molecule has 0 spiro atoms. The van der Waals surface area contributed by atoms with Gasteiger partial charge in [-0.2, -0.15) is 0 Å². The third-order valence-electron chi connectivity index (χ3n) is 5.29. The van der Waals surface area contributed by atoms with Gasteiger partial charge in [0.2, 0.25) is 0 Å². The van der Waals surface area contributed by atoms with Gasteiger partial charge in [-0.3, -0.25) is 0 Å². The van der Waals surface area contributed by atoms with Gasteiger partial charge >= 0.3 is 5.97 Å². The van der Waals surface area contributed by atoms with E-state index >= 15 is 0 Å². The molecule has 1 atom stereocenters. The van der Waals surface area contributed by atoms with E-state index < -0.39 is 0 Å². The van der Waals surface area contributed by atoms with E-state index in [1.165, 1.54) is 22.2 Å². The van der Waals surface area contributed by atoms with Gasteiger partial charge in [0.1, 0.15) is 5.75 Å². The Hall–Kier alpha value is -3.37.